The molecule has 0 aliphatic heterocycles. The molecule has 0 amide bonds. The molecule has 0 saturated carbocycles. The van der Waals surface area contributed by atoms with Gasteiger partial charge in [0, 0.05) is 23.3 Å². The van der Waals surface area contributed by atoms with Crippen LogP contribution in [0.5, 0.6) is 0 Å². The van der Waals surface area contributed by atoms with Gasteiger partial charge in [0.05, 0.1) is 17.1 Å². The number of benzene rings is 2. The van der Waals surface area contributed by atoms with Gasteiger partial charge < -0.3 is 9.63 Å². The van der Waals surface area contributed by atoms with Crippen molar-refractivity contribution in [3.05, 3.63) is 68.8 Å². The Bertz CT molecular complexity index is 920. The highest BCUT2D eigenvalue weighted by molar-refractivity contribution is 5.76. The van der Waals surface area contributed by atoms with Crippen LogP contribution in [0.3, 0.4) is 0 Å². The third-order valence-corrected chi connectivity index (χ3v) is 4.20. The molecule has 1 aromatic heterocycles. The van der Waals surface area contributed by atoms with Crippen molar-refractivity contribution in [1.82, 2.24) is 5.16 Å². The van der Waals surface area contributed by atoms with E-state index in [-0.39, 0.29) is 12.3 Å². The lowest BCUT2D eigenvalue weighted by molar-refractivity contribution is -0.384. The molecule has 0 saturated heterocycles. The van der Waals surface area contributed by atoms with Gasteiger partial charge in [-0.25, -0.2) is 0 Å². The van der Waals surface area contributed by atoms with Gasteiger partial charge in [-0.1, -0.05) is 22.9 Å². The first-order valence-electron chi connectivity index (χ1n) is 7.84. The highest BCUT2D eigenvalue weighted by atomic mass is 16.6. The number of hydrogen-bond acceptors (Lipinski definition) is 5. The van der Waals surface area contributed by atoms with Crippen molar-refractivity contribution in [1.29, 1.82) is 0 Å². The second-order valence-electron chi connectivity index (χ2n) is 6.07. The summed E-state index contributed by atoms with van der Waals surface area (Å²) in [6.45, 7) is 5.77. The molecule has 6 nitrogen and oxygen atoms in total. The molecule has 1 heterocycles. The molecule has 2 aromatic carbocycles. The monoisotopic (exact) mass is 338 g/mol. The van der Waals surface area contributed by atoms with E-state index in [0.717, 1.165) is 22.3 Å². The minimum absolute atomic E-state index is 0.00300. The van der Waals surface area contributed by atoms with Crippen LogP contribution >= 0.6 is 0 Å². The van der Waals surface area contributed by atoms with Gasteiger partial charge in [0.2, 0.25) is 0 Å². The second kappa shape index (κ2) is 6.49. The van der Waals surface area contributed by atoms with Gasteiger partial charge in [0.25, 0.3) is 5.69 Å². The third kappa shape index (κ3) is 3.04. The summed E-state index contributed by atoms with van der Waals surface area (Å²) in [5, 5.41) is 24.8. The Morgan fingerprint density at radius 1 is 1.12 bits per heavy atom. The molecule has 128 valence electrons. The van der Waals surface area contributed by atoms with Gasteiger partial charge in [0.15, 0.2) is 5.76 Å². The predicted octanol–water partition coefficient (Wildman–Crippen LogP) is 4.33. The van der Waals surface area contributed by atoms with E-state index in [2.05, 4.69) is 17.3 Å². The third-order valence-electron chi connectivity index (χ3n) is 4.20. The summed E-state index contributed by atoms with van der Waals surface area (Å²) < 4.78 is 5.56. The van der Waals surface area contributed by atoms with Gasteiger partial charge in [-0.3, -0.25) is 10.1 Å². The second-order valence-corrected chi connectivity index (χ2v) is 6.07. The number of aryl methyl sites for hydroxylation is 3. The van der Waals surface area contributed by atoms with E-state index in [0.29, 0.717) is 22.6 Å². The van der Waals surface area contributed by atoms with Crippen LogP contribution in [-0.2, 0) is 6.61 Å². The summed E-state index contributed by atoms with van der Waals surface area (Å²) in [5.41, 5.74) is 5.87. The molecular weight excluding hydrogens is 320 g/mol. The normalized spacial score (nSPS) is 10.9. The SMILES string of the molecule is Cc1cc(C)c(-c2onc(-c3ccc([N+](=O)[O-])cc3)c2CO)c(C)c1. The van der Waals surface area contributed by atoms with Crippen LogP contribution in [0.2, 0.25) is 0 Å². The maximum atomic E-state index is 10.8. The highest BCUT2D eigenvalue weighted by Gasteiger charge is 2.21. The van der Waals surface area contributed by atoms with Crippen molar-refractivity contribution in [2.45, 2.75) is 27.4 Å². The van der Waals surface area contributed by atoms with Gasteiger partial charge in [-0.05, 0) is 44.0 Å². The number of aliphatic hydroxyl groups is 1. The zero-order valence-corrected chi connectivity index (χ0v) is 14.2. The average molecular weight is 338 g/mol. The van der Waals surface area contributed by atoms with E-state index in [1.54, 1.807) is 12.1 Å². The van der Waals surface area contributed by atoms with Gasteiger partial charge in [-0.15, -0.1) is 0 Å². The van der Waals surface area contributed by atoms with Gasteiger partial charge >= 0.3 is 0 Å². The lowest BCUT2D eigenvalue weighted by Gasteiger charge is -2.10. The van der Waals surface area contributed by atoms with Crippen molar-refractivity contribution in [3.63, 3.8) is 0 Å². The number of aliphatic hydroxyl groups excluding tert-OH is 1. The first-order valence-corrected chi connectivity index (χ1v) is 7.84. The number of aromatic nitrogens is 1. The van der Waals surface area contributed by atoms with Crippen LogP contribution in [0.4, 0.5) is 5.69 Å². The Hall–Kier alpha value is -2.99. The molecule has 6 heteroatoms. The first-order chi connectivity index (χ1) is 11.9. The highest BCUT2D eigenvalue weighted by Crippen LogP contribution is 2.36. The molecule has 0 fully saturated rings. The lowest BCUT2D eigenvalue weighted by Crippen LogP contribution is -1.94. The zero-order valence-electron chi connectivity index (χ0n) is 14.2. The Labute approximate surface area is 144 Å². The summed E-state index contributed by atoms with van der Waals surface area (Å²) in [7, 11) is 0. The first kappa shape index (κ1) is 16.9. The van der Waals surface area contributed by atoms with Crippen molar-refractivity contribution < 1.29 is 14.6 Å². The number of non-ortho nitro benzene ring substituents is 1. The largest absolute Gasteiger partial charge is 0.391 e. The maximum absolute atomic E-state index is 10.8. The fourth-order valence-corrected chi connectivity index (χ4v) is 3.16. The van der Waals surface area contributed by atoms with Crippen LogP contribution in [0.15, 0.2) is 40.9 Å². The van der Waals surface area contributed by atoms with Gasteiger partial charge in [0.1, 0.15) is 5.69 Å². The topological polar surface area (TPSA) is 89.4 Å². The van der Waals surface area contributed by atoms with Crippen molar-refractivity contribution in [2.75, 3.05) is 0 Å². The zero-order chi connectivity index (χ0) is 18.1. The van der Waals surface area contributed by atoms with E-state index in [9.17, 15) is 15.2 Å². The Morgan fingerprint density at radius 3 is 2.24 bits per heavy atom. The Kier molecular flexibility index (Phi) is 4.37. The van der Waals surface area contributed by atoms with E-state index in [1.165, 1.54) is 12.1 Å². The number of rotatable bonds is 4. The molecule has 3 aromatic rings. The number of hydrogen-bond donors (Lipinski definition) is 1. The van der Waals surface area contributed by atoms with Crippen LogP contribution in [0.25, 0.3) is 22.6 Å². The minimum atomic E-state index is -0.454. The van der Waals surface area contributed by atoms with Crippen LogP contribution in [0, 0.1) is 30.9 Å². The fraction of sp³-hybridized carbons (Fsp3) is 0.211. The Balaban J connectivity index is 2.13. The van der Waals surface area contributed by atoms with Crippen LogP contribution in [-0.4, -0.2) is 15.2 Å². The summed E-state index contributed by atoms with van der Waals surface area (Å²) in [5.74, 6) is 0.533. The van der Waals surface area contributed by atoms with Crippen LogP contribution in [0.1, 0.15) is 22.3 Å². The van der Waals surface area contributed by atoms with Crippen LogP contribution < -0.4 is 0 Å². The Morgan fingerprint density at radius 2 is 1.72 bits per heavy atom. The van der Waals surface area contributed by atoms with E-state index < -0.39 is 4.92 Å². The standard InChI is InChI=1S/C19H18N2O4/c1-11-8-12(2)17(13(3)9-11)19-16(10-22)18(20-25-19)14-4-6-15(7-5-14)21(23)24/h4-9,22H,10H2,1-3H3. The minimum Gasteiger partial charge on any atom is -0.391 e. The van der Waals surface area contributed by atoms with E-state index >= 15 is 0 Å². The molecule has 0 unspecified atom stereocenters. The smallest absolute Gasteiger partial charge is 0.269 e. The predicted molar refractivity (Wildman–Crippen MR) is 94.2 cm³/mol. The fourth-order valence-electron chi connectivity index (χ4n) is 3.16. The molecule has 0 radical (unpaired) electrons. The molecule has 3 rings (SSSR count). The maximum Gasteiger partial charge on any atom is 0.269 e. The molecule has 1 N–H and O–H groups in total. The van der Waals surface area contributed by atoms with Gasteiger partial charge in [-0.2, -0.15) is 0 Å². The van der Waals surface area contributed by atoms with Crippen molar-refractivity contribution in [3.8, 4) is 22.6 Å². The van der Waals surface area contributed by atoms with Crippen molar-refractivity contribution in [2.24, 2.45) is 0 Å². The lowest BCUT2D eigenvalue weighted by atomic mass is 9.94. The summed E-state index contributed by atoms with van der Waals surface area (Å²) in [6, 6.07) is 10.1. The molecule has 0 aliphatic rings. The molecule has 0 bridgehead atoms. The summed E-state index contributed by atoms with van der Waals surface area (Å²) in [6.07, 6.45) is 0. The quantitative estimate of drug-likeness (QED) is 0.565. The van der Waals surface area contributed by atoms with E-state index in [4.69, 9.17) is 4.52 Å². The number of nitro groups is 1. The molecule has 0 spiro atoms. The molecule has 0 aliphatic carbocycles. The summed E-state index contributed by atoms with van der Waals surface area (Å²) >= 11 is 0. The number of nitro benzene ring substituents is 1. The molecule has 0 atom stereocenters. The molecular formula is C19H18N2O4. The van der Waals surface area contributed by atoms with Crippen molar-refractivity contribution >= 4 is 5.69 Å². The summed E-state index contributed by atoms with van der Waals surface area (Å²) in [4.78, 5) is 10.3. The van der Waals surface area contributed by atoms with E-state index in [1.807, 2.05) is 20.8 Å². The molecule has 25 heavy (non-hydrogen) atoms. The average Bonchev–Trinajstić information content (AvgIpc) is 2.97. The number of nitrogens with zero attached hydrogens (tertiary/aromatic N) is 2.